The Balaban J connectivity index is 1.73. The number of halogens is 2. The summed E-state index contributed by atoms with van der Waals surface area (Å²) in [5, 5.41) is 14.3. The fourth-order valence-electron chi connectivity index (χ4n) is 3.08. The third kappa shape index (κ3) is 4.58. The van der Waals surface area contributed by atoms with Crippen molar-refractivity contribution in [1.82, 2.24) is 4.90 Å². The van der Waals surface area contributed by atoms with Gasteiger partial charge in [-0.3, -0.25) is 10.3 Å². The summed E-state index contributed by atoms with van der Waals surface area (Å²) in [6.45, 7) is 4.59. The van der Waals surface area contributed by atoms with Gasteiger partial charge in [-0.05, 0) is 68.8 Å². The monoisotopic (exact) mass is 359 g/mol. The lowest BCUT2D eigenvalue weighted by atomic mass is 10.0. The van der Waals surface area contributed by atoms with E-state index in [1.54, 1.807) is 19.1 Å². The van der Waals surface area contributed by atoms with Gasteiger partial charge in [-0.2, -0.15) is 5.10 Å². The van der Waals surface area contributed by atoms with Crippen molar-refractivity contribution in [2.45, 2.75) is 32.7 Å². The molecule has 0 atom stereocenters. The minimum absolute atomic E-state index is 0.109. The number of nitrogens with one attached hydrogen (secondary N) is 1. The smallest absolute Gasteiger partial charge is 0.151 e. The zero-order valence-electron chi connectivity index (χ0n) is 14.8. The van der Waals surface area contributed by atoms with Crippen molar-refractivity contribution in [2.24, 2.45) is 5.10 Å². The Bertz CT molecular complexity index is 802. The third-order valence-electron chi connectivity index (χ3n) is 4.62. The average Bonchev–Trinajstić information content (AvgIpc) is 2.63. The number of likely N-dealkylation sites (tertiary alicyclic amines) is 1. The predicted molar refractivity (Wildman–Crippen MR) is 99.4 cm³/mol. The van der Waals surface area contributed by atoms with Crippen LogP contribution in [0.15, 0.2) is 41.5 Å². The molecule has 3 rings (SSSR count). The molecule has 0 saturated carbocycles. The molecule has 0 unspecified atom stereocenters. The molecule has 0 bridgehead atoms. The quantitative estimate of drug-likeness (QED) is 0.611. The normalized spacial score (nSPS) is 15.9. The maximum Gasteiger partial charge on any atom is 0.151 e. The van der Waals surface area contributed by atoms with Gasteiger partial charge >= 0.3 is 0 Å². The first-order valence-corrected chi connectivity index (χ1v) is 8.83. The molecule has 0 spiro atoms. The number of nitrogens with zero attached hydrogens (tertiary/aromatic N) is 2. The van der Waals surface area contributed by atoms with Crippen LogP contribution in [0.2, 0.25) is 0 Å². The maximum absolute atomic E-state index is 13.7. The predicted octanol–water partition coefficient (Wildman–Crippen LogP) is 4.49. The summed E-state index contributed by atoms with van der Waals surface area (Å²) in [5.74, 6) is -1.06. The molecular weight excluding hydrogens is 336 g/mol. The standard InChI is InChI=1S/C20H23F2N3O/c1-14(23-24-19-7-6-17(21)12-18(19)22)15-5-8-20(26)16(11-15)13-25-9-3-2-4-10-25/h5-8,11-12,24,26H,2-4,9-10,13H2,1H3/b23-14+. The summed E-state index contributed by atoms with van der Waals surface area (Å²) in [6.07, 6.45) is 3.64. The number of piperidine rings is 1. The Morgan fingerprint density at radius 1 is 1.12 bits per heavy atom. The number of hydrogen-bond acceptors (Lipinski definition) is 4. The highest BCUT2D eigenvalue weighted by Gasteiger charge is 2.13. The number of hydrogen-bond donors (Lipinski definition) is 2. The molecule has 1 aliphatic rings. The molecule has 1 fully saturated rings. The maximum atomic E-state index is 13.7. The van der Waals surface area contributed by atoms with Gasteiger partial charge in [-0.15, -0.1) is 0 Å². The summed E-state index contributed by atoms with van der Waals surface area (Å²) in [4.78, 5) is 2.33. The fourth-order valence-corrected chi connectivity index (χ4v) is 3.08. The van der Waals surface area contributed by atoms with Crippen molar-refractivity contribution in [3.63, 3.8) is 0 Å². The van der Waals surface area contributed by atoms with Crippen LogP contribution in [0, 0.1) is 11.6 Å². The molecule has 0 radical (unpaired) electrons. The number of rotatable bonds is 5. The summed E-state index contributed by atoms with van der Waals surface area (Å²) >= 11 is 0. The van der Waals surface area contributed by atoms with E-state index in [2.05, 4.69) is 15.4 Å². The molecule has 1 aliphatic heterocycles. The fraction of sp³-hybridized carbons (Fsp3) is 0.350. The first-order valence-electron chi connectivity index (χ1n) is 8.83. The number of phenolic OH excluding ortho intramolecular Hbond substituents is 1. The topological polar surface area (TPSA) is 47.9 Å². The Labute approximate surface area is 152 Å². The molecule has 2 N–H and O–H groups in total. The van der Waals surface area contributed by atoms with E-state index in [-0.39, 0.29) is 11.4 Å². The van der Waals surface area contributed by atoms with Gasteiger partial charge in [0.2, 0.25) is 0 Å². The van der Waals surface area contributed by atoms with E-state index in [0.717, 1.165) is 30.3 Å². The second-order valence-corrected chi connectivity index (χ2v) is 6.61. The van der Waals surface area contributed by atoms with Gasteiger partial charge < -0.3 is 5.11 Å². The zero-order chi connectivity index (χ0) is 18.5. The van der Waals surface area contributed by atoms with E-state index in [0.29, 0.717) is 12.3 Å². The van der Waals surface area contributed by atoms with Crippen LogP contribution in [0.25, 0.3) is 0 Å². The first-order chi connectivity index (χ1) is 12.5. The van der Waals surface area contributed by atoms with Crippen LogP contribution in [-0.4, -0.2) is 28.8 Å². The second kappa shape index (κ2) is 8.27. The Kier molecular flexibility index (Phi) is 5.83. The Morgan fingerprint density at radius 3 is 2.62 bits per heavy atom. The van der Waals surface area contributed by atoms with Crippen LogP contribution >= 0.6 is 0 Å². The van der Waals surface area contributed by atoms with Gasteiger partial charge in [-0.1, -0.05) is 6.42 Å². The second-order valence-electron chi connectivity index (χ2n) is 6.61. The van der Waals surface area contributed by atoms with E-state index >= 15 is 0 Å². The largest absolute Gasteiger partial charge is 0.508 e. The SMILES string of the molecule is C/C(=N\Nc1ccc(F)cc1F)c1ccc(O)c(CN2CCCCC2)c1. The zero-order valence-corrected chi connectivity index (χ0v) is 14.8. The van der Waals surface area contributed by atoms with Gasteiger partial charge in [0.15, 0.2) is 5.82 Å². The average molecular weight is 359 g/mol. The van der Waals surface area contributed by atoms with E-state index < -0.39 is 11.6 Å². The first kappa shape index (κ1) is 18.3. The number of anilines is 1. The van der Waals surface area contributed by atoms with Gasteiger partial charge in [0.05, 0.1) is 11.4 Å². The molecule has 0 amide bonds. The molecule has 138 valence electrons. The van der Waals surface area contributed by atoms with Crippen LogP contribution in [0.1, 0.15) is 37.3 Å². The van der Waals surface area contributed by atoms with Gasteiger partial charge in [0.25, 0.3) is 0 Å². The molecule has 2 aromatic carbocycles. The van der Waals surface area contributed by atoms with E-state index in [1.165, 1.54) is 31.4 Å². The Morgan fingerprint density at radius 2 is 1.88 bits per heavy atom. The molecule has 2 aromatic rings. The lowest BCUT2D eigenvalue weighted by Gasteiger charge is -2.26. The highest BCUT2D eigenvalue weighted by atomic mass is 19.1. The molecule has 0 aromatic heterocycles. The minimum atomic E-state index is -0.696. The van der Waals surface area contributed by atoms with Crippen molar-refractivity contribution in [2.75, 3.05) is 18.5 Å². The molecule has 6 heteroatoms. The van der Waals surface area contributed by atoms with Gasteiger partial charge in [0, 0.05) is 18.2 Å². The number of benzene rings is 2. The van der Waals surface area contributed by atoms with Crippen molar-refractivity contribution in [3.8, 4) is 5.75 Å². The van der Waals surface area contributed by atoms with E-state index in [4.69, 9.17) is 0 Å². The van der Waals surface area contributed by atoms with Crippen LogP contribution < -0.4 is 5.43 Å². The molecule has 4 nitrogen and oxygen atoms in total. The highest BCUT2D eigenvalue weighted by Crippen LogP contribution is 2.23. The summed E-state index contributed by atoms with van der Waals surface area (Å²) in [6, 6.07) is 8.63. The van der Waals surface area contributed by atoms with Crippen LogP contribution in [0.5, 0.6) is 5.75 Å². The minimum Gasteiger partial charge on any atom is -0.508 e. The van der Waals surface area contributed by atoms with Crippen molar-refractivity contribution >= 4 is 11.4 Å². The molecule has 1 saturated heterocycles. The van der Waals surface area contributed by atoms with Crippen LogP contribution in [0.3, 0.4) is 0 Å². The summed E-state index contributed by atoms with van der Waals surface area (Å²) in [5.41, 5.74) is 5.07. The van der Waals surface area contributed by atoms with Gasteiger partial charge in [0.1, 0.15) is 11.6 Å². The number of aromatic hydroxyl groups is 1. The molecule has 1 heterocycles. The van der Waals surface area contributed by atoms with Gasteiger partial charge in [-0.25, -0.2) is 8.78 Å². The van der Waals surface area contributed by atoms with Crippen LogP contribution in [0.4, 0.5) is 14.5 Å². The number of phenols is 1. The number of hydrazone groups is 1. The highest BCUT2D eigenvalue weighted by molar-refractivity contribution is 5.99. The van der Waals surface area contributed by atoms with Crippen molar-refractivity contribution < 1.29 is 13.9 Å². The molecule has 0 aliphatic carbocycles. The molecule has 26 heavy (non-hydrogen) atoms. The lowest BCUT2D eigenvalue weighted by molar-refractivity contribution is 0.218. The van der Waals surface area contributed by atoms with E-state index in [1.807, 2.05) is 6.07 Å². The lowest BCUT2D eigenvalue weighted by Crippen LogP contribution is -2.29. The third-order valence-corrected chi connectivity index (χ3v) is 4.62. The van der Waals surface area contributed by atoms with Crippen LogP contribution in [-0.2, 0) is 6.54 Å². The summed E-state index contributed by atoms with van der Waals surface area (Å²) in [7, 11) is 0. The molecular formula is C20H23F2N3O. The van der Waals surface area contributed by atoms with Crippen molar-refractivity contribution in [3.05, 3.63) is 59.2 Å². The Hall–Kier alpha value is -2.47. The van der Waals surface area contributed by atoms with Crippen molar-refractivity contribution in [1.29, 1.82) is 0 Å². The summed E-state index contributed by atoms with van der Waals surface area (Å²) < 4.78 is 26.6. The van der Waals surface area contributed by atoms with E-state index in [9.17, 15) is 13.9 Å².